The van der Waals surface area contributed by atoms with Gasteiger partial charge in [0, 0.05) is 56.8 Å². The highest BCUT2D eigenvalue weighted by Crippen LogP contribution is 2.40. The lowest BCUT2D eigenvalue weighted by Gasteiger charge is -2.34. The topological polar surface area (TPSA) is 108 Å². The molecule has 0 saturated carbocycles. The van der Waals surface area contributed by atoms with Crippen molar-refractivity contribution in [3.05, 3.63) is 50.4 Å². The van der Waals surface area contributed by atoms with Crippen LogP contribution in [-0.4, -0.2) is 74.8 Å². The summed E-state index contributed by atoms with van der Waals surface area (Å²) in [5.74, 6) is -0.988. The van der Waals surface area contributed by atoms with Crippen molar-refractivity contribution in [2.24, 2.45) is 0 Å². The number of carbonyl (C=O) groups is 3. The van der Waals surface area contributed by atoms with Gasteiger partial charge in [0.2, 0.25) is 6.41 Å². The fourth-order valence-electron chi connectivity index (χ4n) is 3.48. The summed E-state index contributed by atoms with van der Waals surface area (Å²) in [6.45, 7) is 7.25. The normalized spacial score (nSPS) is 12.9. The summed E-state index contributed by atoms with van der Waals surface area (Å²) in [6.07, 6.45) is 3.29. The Kier molecular flexibility index (Phi) is 12.9. The van der Waals surface area contributed by atoms with Crippen LogP contribution in [-0.2, 0) is 14.3 Å². The van der Waals surface area contributed by atoms with Gasteiger partial charge in [-0.05, 0) is 81.1 Å². The lowest BCUT2D eigenvalue weighted by atomic mass is 10.1. The van der Waals surface area contributed by atoms with Gasteiger partial charge in [0.15, 0.2) is 6.61 Å². The van der Waals surface area contributed by atoms with E-state index in [4.69, 9.17) is 14.6 Å². The van der Waals surface area contributed by atoms with Crippen LogP contribution in [0.3, 0.4) is 0 Å². The summed E-state index contributed by atoms with van der Waals surface area (Å²) < 4.78 is 11.2. The number of unbranched alkanes of at least 4 members (excludes halogenated alkanes) is 1. The molecule has 1 aliphatic heterocycles. The molecule has 11 heteroatoms. The largest absolute Gasteiger partial charge is 0.480 e. The third kappa shape index (κ3) is 9.32. The van der Waals surface area contributed by atoms with Gasteiger partial charge in [-0.1, -0.05) is 13.3 Å². The minimum Gasteiger partial charge on any atom is -0.480 e. The summed E-state index contributed by atoms with van der Waals surface area (Å²) in [6, 6.07) is 9.00. The van der Waals surface area contributed by atoms with E-state index in [0.717, 1.165) is 31.8 Å². The number of halogens is 2. The Balaban J connectivity index is 0.000000717. The molecule has 1 fully saturated rings. The maximum absolute atomic E-state index is 12.7. The number of carbonyl (C=O) groups excluding carboxylic acids is 2. The molecule has 3 rings (SSSR count). The van der Waals surface area contributed by atoms with Crippen LogP contribution in [0.25, 0.3) is 0 Å². The highest BCUT2D eigenvalue weighted by Gasteiger charge is 2.18. The van der Waals surface area contributed by atoms with Crippen LogP contribution in [0.1, 0.15) is 35.7 Å². The monoisotopic (exact) mass is 641 g/mol. The van der Waals surface area contributed by atoms with Crippen molar-refractivity contribution in [1.29, 1.82) is 0 Å². The van der Waals surface area contributed by atoms with Gasteiger partial charge in [0.1, 0.15) is 5.75 Å². The van der Waals surface area contributed by atoms with Crippen molar-refractivity contribution >= 4 is 61.5 Å². The highest BCUT2D eigenvalue weighted by molar-refractivity contribution is 9.11. The molecule has 0 aliphatic carbocycles. The fraction of sp³-hybridized carbons (Fsp3) is 0.423. The first-order valence-corrected chi connectivity index (χ1v) is 13.5. The molecule has 1 saturated heterocycles. The molecule has 1 heterocycles. The second-order valence-corrected chi connectivity index (χ2v) is 9.98. The lowest BCUT2D eigenvalue weighted by Crippen LogP contribution is -2.45. The maximum atomic E-state index is 12.7. The summed E-state index contributed by atoms with van der Waals surface area (Å²) in [5.41, 5.74) is 2.79. The number of amides is 2. The molecule has 2 N–H and O–H groups in total. The third-order valence-corrected chi connectivity index (χ3v) is 7.21. The zero-order chi connectivity index (χ0) is 27.4. The number of rotatable bonds is 10. The predicted molar refractivity (Wildman–Crippen MR) is 151 cm³/mol. The molecular weight excluding hydrogens is 610 g/mol. The SMILES string of the molecule is CCCCOC.Cc1c(NC(=O)c2ccc(N3CCN(C=O)CC3)cc2)cc(Br)c(OCC(=O)O)c1Br. The van der Waals surface area contributed by atoms with E-state index in [2.05, 4.69) is 49.0 Å². The van der Waals surface area contributed by atoms with E-state index in [1.807, 2.05) is 12.1 Å². The number of nitrogens with one attached hydrogen (secondary N) is 1. The van der Waals surface area contributed by atoms with Gasteiger partial charge < -0.3 is 29.7 Å². The first-order chi connectivity index (χ1) is 17.7. The molecule has 2 aromatic rings. The number of carboxylic acid groups (broad SMARTS) is 1. The van der Waals surface area contributed by atoms with Crippen molar-refractivity contribution in [3.63, 3.8) is 0 Å². The van der Waals surface area contributed by atoms with Gasteiger partial charge in [0.25, 0.3) is 5.91 Å². The first-order valence-electron chi connectivity index (χ1n) is 11.9. The number of hydrogen-bond donors (Lipinski definition) is 2. The number of carboxylic acids is 1. The second kappa shape index (κ2) is 15.6. The number of hydrogen-bond acceptors (Lipinski definition) is 6. The molecule has 37 heavy (non-hydrogen) atoms. The Labute approximate surface area is 234 Å². The van der Waals surface area contributed by atoms with Crippen LogP contribution in [0.15, 0.2) is 39.3 Å². The van der Waals surface area contributed by atoms with Crippen molar-refractivity contribution in [3.8, 4) is 5.75 Å². The summed E-state index contributed by atoms with van der Waals surface area (Å²) >= 11 is 6.77. The average molecular weight is 643 g/mol. The van der Waals surface area contributed by atoms with Crippen molar-refractivity contribution in [2.45, 2.75) is 26.7 Å². The van der Waals surface area contributed by atoms with Crippen LogP contribution in [0.5, 0.6) is 5.75 Å². The number of nitrogens with zero attached hydrogens (tertiary/aromatic N) is 2. The van der Waals surface area contributed by atoms with E-state index in [1.54, 1.807) is 37.1 Å². The zero-order valence-electron chi connectivity index (χ0n) is 21.3. The average Bonchev–Trinajstić information content (AvgIpc) is 2.90. The van der Waals surface area contributed by atoms with Crippen LogP contribution in [0.2, 0.25) is 0 Å². The van der Waals surface area contributed by atoms with Gasteiger partial charge in [-0.25, -0.2) is 4.79 Å². The quantitative estimate of drug-likeness (QED) is 0.279. The smallest absolute Gasteiger partial charge is 0.341 e. The minimum atomic E-state index is -1.08. The minimum absolute atomic E-state index is 0.265. The molecule has 0 spiro atoms. The van der Waals surface area contributed by atoms with E-state index >= 15 is 0 Å². The Morgan fingerprint density at radius 1 is 1.14 bits per heavy atom. The Hall–Kier alpha value is -2.63. The Morgan fingerprint density at radius 2 is 1.78 bits per heavy atom. The van der Waals surface area contributed by atoms with Gasteiger partial charge in [-0.2, -0.15) is 0 Å². The number of benzene rings is 2. The molecule has 9 nitrogen and oxygen atoms in total. The van der Waals surface area contributed by atoms with Gasteiger partial charge in [0.05, 0.1) is 8.95 Å². The van der Waals surface area contributed by atoms with Gasteiger partial charge in [-0.15, -0.1) is 0 Å². The Morgan fingerprint density at radius 3 is 2.30 bits per heavy atom. The molecule has 0 radical (unpaired) electrons. The molecule has 202 valence electrons. The molecular formula is C26H33Br2N3O6. The van der Waals surface area contributed by atoms with Gasteiger partial charge in [-0.3, -0.25) is 9.59 Å². The van der Waals surface area contributed by atoms with Crippen molar-refractivity contribution < 1.29 is 29.0 Å². The van der Waals surface area contributed by atoms with E-state index < -0.39 is 12.6 Å². The van der Waals surface area contributed by atoms with Crippen LogP contribution >= 0.6 is 31.9 Å². The van der Waals surface area contributed by atoms with Gasteiger partial charge >= 0.3 is 5.97 Å². The second-order valence-electron chi connectivity index (χ2n) is 8.33. The number of piperazine rings is 1. The Bertz CT molecular complexity index is 1050. The third-order valence-electron chi connectivity index (χ3n) is 5.67. The zero-order valence-corrected chi connectivity index (χ0v) is 24.4. The van der Waals surface area contributed by atoms with E-state index in [1.165, 1.54) is 12.8 Å². The lowest BCUT2D eigenvalue weighted by molar-refractivity contribution is -0.139. The molecule has 0 bridgehead atoms. The molecule has 1 aliphatic rings. The molecule has 0 unspecified atom stereocenters. The van der Waals surface area contributed by atoms with E-state index in [9.17, 15) is 14.4 Å². The van der Waals surface area contributed by atoms with Crippen molar-refractivity contribution in [1.82, 2.24) is 4.90 Å². The van der Waals surface area contributed by atoms with E-state index in [-0.39, 0.29) is 5.91 Å². The molecule has 2 amide bonds. The number of ether oxygens (including phenoxy) is 2. The summed E-state index contributed by atoms with van der Waals surface area (Å²) in [7, 11) is 1.73. The summed E-state index contributed by atoms with van der Waals surface area (Å²) in [4.78, 5) is 38.3. The molecule has 0 aromatic heterocycles. The summed E-state index contributed by atoms with van der Waals surface area (Å²) in [5, 5.41) is 11.7. The first kappa shape index (κ1) is 30.6. The van der Waals surface area contributed by atoms with Crippen LogP contribution < -0.4 is 15.0 Å². The highest BCUT2D eigenvalue weighted by atomic mass is 79.9. The van der Waals surface area contributed by atoms with Crippen molar-refractivity contribution in [2.75, 3.05) is 56.7 Å². The number of anilines is 2. The fourth-order valence-corrected chi connectivity index (χ4v) is 4.83. The predicted octanol–water partition coefficient (Wildman–Crippen LogP) is 4.95. The number of methoxy groups -OCH3 is 1. The standard InChI is InChI=1S/C21H21Br2N3O5.C5H12O/c1-13-17(10-16(22)20(19(13)23)31-11-18(28)29)24-21(30)14-2-4-15(5-3-14)26-8-6-25(12-27)7-9-26;1-3-4-5-6-2/h2-5,10,12H,6-9,11H2,1H3,(H,24,30)(H,28,29);3-5H2,1-2H3. The number of aliphatic carboxylic acids is 1. The molecule has 2 aromatic carbocycles. The van der Waals surface area contributed by atoms with Crippen LogP contribution in [0.4, 0.5) is 11.4 Å². The van der Waals surface area contributed by atoms with Crippen LogP contribution in [0, 0.1) is 6.92 Å². The maximum Gasteiger partial charge on any atom is 0.341 e. The van der Waals surface area contributed by atoms with E-state index in [0.29, 0.717) is 44.6 Å². The molecule has 0 atom stereocenters.